The zero-order chi connectivity index (χ0) is 16.2. The molecule has 0 aliphatic rings. The first-order valence-corrected chi connectivity index (χ1v) is 6.97. The standard InChI is InChI=1S/C17H14N6/c1-11-2-3-12(7-20-11)16-4-13(15-9-22-23-10-15)8-21-17(16)14(5-18)6-19/h2-5,7-10H,18H2,1H3,(H,22,23). The van der Waals surface area contributed by atoms with Crippen LogP contribution in [0.2, 0.25) is 0 Å². The van der Waals surface area contributed by atoms with E-state index in [1.807, 2.05) is 25.1 Å². The van der Waals surface area contributed by atoms with Gasteiger partial charge in [-0.1, -0.05) is 6.07 Å². The highest BCUT2D eigenvalue weighted by Gasteiger charge is 2.13. The zero-order valence-corrected chi connectivity index (χ0v) is 12.5. The molecule has 0 fully saturated rings. The van der Waals surface area contributed by atoms with E-state index in [1.54, 1.807) is 24.8 Å². The molecule has 0 radical (unpaired) electrons. The molecular formula is C17H14N6. The molecule has 23 heavy (non-hydrogen) atoms. The van der Waals surface area contributed by atoms with E-state index in [-0.39, 0.29) is 0 Å². The minimum Gasteiger partial charge on any atom is -0.403 e. The second-order valence-corrected chi connectivity index (χ2v) is 4.99. The van der Waals surface area contributed by atoms with Crippen LogP contribution in [0.25, 0.3) is 27.8 Å². The van der Waals surface area contributed by atoms with Gasteiger partial charge in [0.05, 0.1) is 17.5 Å². The summed E-state index contributed by atoms with van der Waals surface area (Å²) in [5.41, 5.74) is 10.8. The van der Waals surface area contributed by atoms with E-state index in [0.29, 0.717) is 11.3 Å². The minimum absolute atomic E-state index is 0.319. The molecule has 0 aliphatic carbocycles. The molecule has 0 amide bonds. The quantitative estimate of drug-likeness (QED) is 0.724. The van der Waals surface area contributed by atoms with Crippen LogP contribution < -0.4 is 5.73 Å². The Labute approximate surface area is 133 Å². The van der Waals surface area contributed by atoms with Crippen molar-refractivity contribution >= 4 is 5.57 Å². The molecular weight excluding hydrogens is 288 g/mol. The molecule has 0 aromatic carbocycles. The molecule has 0 spiro atoms. The van der Waals surface area contributed by atoms with Crippen LogP contribution >= 0.6 is 0 Å². The molecule has 0 saturated heterocycles. The van der Waals surface area contributed by atoms with Crippen LogP contribution in [0.1, 0.15) is 11.4 Å². The Kier molecular flexibility index (Phi) is 3.85. The molecule has 3 aromatic rings. The third kappa shape index (κ3) is 2.80. The predicted molar refractivity (Wildman–Crippen MR) is 87.6 cm³/mol. The maximum absolute atomic E-state index is 9.28. The molecule has 0 atom stereocenters. The topological polar surface area (TPSA) is 104 Å². The van der Waals surface area contributed by atoms with Gasteiger partial charge in [0.1, 0.15) is 6.07 Å². The van der Waals surface area contributed by atoms with Crippen LogP contribution in [0.3, 0.4) is 0 Å². The molecule has 0 unspecified atom stereocenters. The van der Waals surface area contributed by atoms with Crippen LogP contribution in [0.5, 0.6) is 0 Å². The van der Waals surface area contributed by atoms with Gasteiger partial charge in [0, 0.05) is 52.7 Å². The molecule has 3 aromatic heterocycles. The third-order valence-corrected chi connectivity index (χ3v) is 3.48. The maximum atomic E-state index is 9.28. The van der Waals surface area contributed by atoms with Gasteiger partial charge in [-0.3, -0.25) is 15.1 Å². The number of nitrogens with one attached hydrogen (secondary N) is 1. The molecule has 3 N–H and O–H groups in total. The van der Waals surface area contributed by atoms with Gasteiger partial charge < -0.3 is 5.73 Å². The lowest BCUT2D eigenvalue weighted by atomic mass is 9.98. The van der Waals surface area contributed by atoms with Crippen LogP contribution in [-0.4, -0.2) is 20.2 Å². The average molecular weight is 302 g/mol. The number of nitrogens with zero attached hydrogens (tertiary/aromatic N) is 4. The van der Waals surface area contributed by atoms with Gasteiger partial charge in [-0.25, -0.2) is 0 Å². The Morgan fingerprint density at radius 2 is 2.00 bits per heavy atom. The van der Waals surface area contributed by atoms with Crippen molar-refractivity contribution in [2.24, 2.45) is 5.73 Å². The number of hydrogen-bond acceptors (Lipinski definition) is 5. The lowest BCUT2D eigenvalue weighted by Crippen LogP contribution is -1.97. The fourth-order valence-corrected chi connectivity index (χ4v) is 2.26. The first-order valence-electron chi connectivity index (χ1n) is 6.97. The van der Waals surface area contributed by atoms with E-state index in [0.717, 1.165) is 27.9 Å². The average Bonchev–Trinajstić information content (AvgIpc) is 3.11. The van der Waals surface area contributed by atoms with Gasteiger partial charge >= 0.3 is 0 Å². The van der Waals surface area contributed by atoms with Gasteiger partial charge in [-0.05, 0) is 19.1 Å². The summed E-state index contributed by atoms with van der Waals surface area (Å²) >= 11 is 0. The lowest BCUT2D eigenvalue weighted by Gasteiger charge is -2.10. The first kappa shape index (κ1) is 14.5. The van der Waals surface area contributed by atoms with Crippen molar-refractivity contribution in [3.63, 3.8) is 0 Å². The maximum Gasteiger partial charge on any atom is 0.103 e. The van der Waals surface area contributed by atoms with E-state index in [2.05, 4.69) is 26.2 Å². The lowest BCUT2D eigenvalue weighted by molar-refractivity contribution is 1.09. The van der Waals surface area contributed by atoms with Crippen molar-refractivity contribution in [2.45, 2.75) is 6.92 Å². The number of rotatable bonds is 3. The number of pyridine rings is 2. The summed E-state index contributed by atoms with van der Waals surface area (Å²) in [4.78, 5) is 8.76. The number of nitriles is 1. The molecule has 3 rings (SSSR count). The Balaban J connectivity index is 2.21. The summed E-state index contributed by atoms with van der Waals surface area (Å²) < 4.78 is 0. The summed E-state index contributed by atoms with van der Waals surface area (Å²) in [6.07, 6.45) is 8.24. The van der Waals surface area contributed by atoms with Gasteiger partial charge in [0.2, 0.25) is 0 Å². The number of hydrogen-bond donors (Lipinski definition) is 2. The highest BCUT2D eigenvalue weighted by Crippen LogP contribution is 2.30. The van der Waals surface area contributed by atoms with Crippen molar-refractivity contribution in [3.05, 3.63) is 60.6 Å². The zero-order valence-electron chi connectivity index (χ0n) is 12.5. The summed E-state index contributed by atoms with van der Waals surface area (Å²) in [6.45, 7) is 1.92. The van der Waals surface area contributed by atoms with E-state index in [4.69, 9.17) is 5.73 Å². The summed E-state index contributed by atoms with van der Waals surface area (Å²) in [5, 5.41) is 16.0. The molecule has 6 heteroatoms. The number of allylic oxidation sites excluding steroid dienone is 1. The van der Waals surface area contributed by atoms with Crippen molar-refractivity contribution in [1.82, 2.24) is 20.2 Å². The van der Waals surface area contributed by atoms with E-state index < -0.39 is 0 Å². The normalized spacial score (nSPS) is 11.2. The molecule has 112 valence electrons. The second kappa shape index (κ2) is 6.12. The Hall–Kier alpha value is -3.46. The third-order valence-electron chi connectivity index (χ3n) is 3.48. The number of aromatic nitrogens is 4. The van der Waals surface area contributed by atoms with E-state index in [1.165, 1.54) is 6.20 Å². The molecule has 6 nitrogen and oxygen atoms in total. The van der Waals surface area contributed by atoms with Crippen LogP contribution in [0.15, 0.2) is 49.2 Å². The second-order valence-electron chi connectivity index (χ2n) is 4.99. The van der Waals surface area contributed by atoms with Crippen molar-refractivity contribution < 1.29 is 0 Å². The number of aromatic amines is 1. The Bertz CT molecular complexity index is 886. The van der Waals surface area contributed by atoms with Gasteiger partial charge in [-0.2, -0.15) is 10.4 Å². The smallest absolute Gasteiger partial charge is 0.103 e. The van der Waals surface area contributed by atoms with Gasteiger partial charge in [-0.15, -0.1) is 0 Å². The van der Waals surface area contributed by atoms with Crippen molar-refractivity contribution in [3.8, 4) is 28.3 Å². The summed E-state index contributed by atoms with van der Waals surface area (Å²) in [5.74, 6) is 0. The molecule has 0 bridgehead atoms. The predicted octanol–water partition coefficient (Wildman–Crippen LogP) is 2.67. The van der Waals surface area contributed by atoms with Crippen LogP contribution in [0, 0.1) is 18.3 Å². The Morgan fingerprint density at radius 3 is 2.61 bits per heavy atom. The molecule has 0 aliphatic heterocycles. The van der Waals surface area contributed by atoms with Crippen LogP contribution in [-0.2, 0) is 0 Å². The Morgan fingerprint density at radius 1 is 1.17 bits per heavy atom. The number of nitrogens with two attached hydrogens (primary N) is 1. The fourth-order valence-electron chi connectivity index (χ4n) is 2.26. The summed E-state index contributed by atoms with van der Waals surface area (Å²) in [6, 6.07) is 7.91. The number of aryl methyl sites for hydroxylation is 1. The molecule has 3 heterocycles. The fraction of sp³-hybridized carbons (Fsp3) is 0.0588. The molecule has 0 saturated carbocycles. The first-order chi connectivity index (χ1) is 11.2. The van der Waals surface area contributed by atoms with E-state index in [9.17, 15) is 5.26 Å². The largest absolute Gasteiger partial charge is 0.403 e. The highest BCUT2D eigenvalue weighted by molar-refractivity contribution is 5.86. The van der Waals surface area contributed by atoms with Crippen molar-refractivity contribution in [2.75, 3.05) is 0 Å². The van der Waals surface area contributed by atoms with Crippen LogP contribution in [0.4, 0.5) is 0 Å². The monoisotopic (exact) mass is 302 g/mol. The van der Waals surface area contributed by atoms with Gasteiger partial charge in [0.25, 0.3) is 0 Å². The SMILES string of the molecule is Cc1ccc(-c2cc(-c3cn[nH]c3)cnc2C(C#N)=CN)cn1. The number of H-pyrrole nitrogens is 1. The summed E-state index contributed by atoms with van der Waals surface area (Å²) in [7, 11) is 0. The van der Waals surface area contributed by atoms with Gasteiger partial charge in [0.15, 0.2) is 0 Å². The van der Waals surface area contributed by atoms with Crippen molar-refractivity contribution in [1.29, 1.82) is 5.26 Å². The highest BCUT2D eigenvalue weighted by atomic mass is 15.1. The minimum atomic E-state index is 0.319. The van der Waals surface area contributed by atoms with E-state index >= 15 is 0 Å².